The molecule has 0 saturated heterocycles. The fraction of sp³-hybridized carbons (Fsp3) is 0.200. The van der Waals surface area contributed by atoms with Crippen molar-refractivity contribution < 1.29 is 9.53 Å². The molecule has 0 bridgehead atoms. The van der Waals surface area contributed by atoms with Crippen molar-refractivity contribution in [2.45, 2.75) is 13.0 Å². The van der Waals surface area contributed by atoms with Crippen LogP contribution in [0.25, 0.3) is 0 Å². The standard InChI is InChI=1S/C15H14Br2N2O2/c1-9(13-5-3-4-6-18-13)19-14-11(15(20)21-2)7-10(16)8-12(14)17/h3-9,19H,1-2H3. The molecular weight excluding hydrogens is 400 g/mol. The van der Waals surface area contributed by atoms with E-state index < -0.39 is 5.97 Å². The van der Waals surface area contributed by atoms with Gasteiger partial charge in [0.15, 0.2) is 0 Å². The van der Waals surface area contributed by atoms with Crippen LogP contribution in [-0.4, -0.2) is 18.1 Å². The number of rotatable bonds is 4. The smallest absolute Gasteiger partial charge is 0.340 e. The number of esters is 1. The highest BCUT2D eigenvalue weighted by atomic mass is 79.9. The summed E-state index contributed by atoms with van der Waals surface area (Å²) in [6.07, 6.45) is 1.74. The number of hydrogen-bond acceptors (Lipinski definition) is 4. The molecule has 1 N–H and O–H groups in total. The molecule has 110 valence electrons. The molecule has 2 rings (SSSR count). The molecule has 0 spiro atoms. The summed E-state index contributed by atoms with van der Waals surface area (Å²) >= 11 is 6.85. The van der Waals surface area contributed by atoms with Crippen molar-refractivity contribution in [3.05, 3.63) is 56.7 Å². The minimum absolute atomic E-state index is 0.0490. The number of ether oxygens (including phenoxy) is 1. The Morgan fingerprint density at radius 3 is 2.71 bits per heavy atom. The van der Waals surface area contributed by atoms with Gasteiger partial charge in [-0.05, 0) is 47.1 Å². The van der Waals surface area contributed by atoms with E-state index in [1.54, 1.807) is 12.3 Å². The lowest BCUT2D eigenvalue weighted by Crippen LogP contribution is -2.13. The molecule has 21 heavy (non-hydrogen) atoms. The molecule has 0 fully saturated rings. The van der Waals surface area contributed by atoms with E-state index >= 15 is 0 Å². The van der Waals surface area contributed by atoms with Crippen LogP contribution in [0.1, 0.15) is 29.0 Å². The number of anilines is 1. The second kappa shape index (κ2) is 7.04. The first-order chi connectivity index (χ1) is 10.0. The third-order valence-corrected chi connectivity index (χ3v) is 4.04. The lowest BCUT2D eigenvalue weighted by Gasteiger charge is -2.18. The third kappa shape index (κ3) is 3.83. The van der Waals surface area contributed by atoms with Crippen molar-refractivity contribution in [2.75, 3.05) is 12.4 Å². The van der Waals surface area contributed by atoms with Gasteiger partial charge in [0.1, 0.15) is 0 Å². The first kappa shape index (κ1) is 16.0. The van der Waals surface area contributed by atoms with E-state index in [1.165, 1.54) is 7.11 Å². The van der Waals surface area contributed by atoms with E-state index in [1.807, 2.05) is 31.2 Å². The average Bonchev–Trinajstić information content (AvgIpc) is 2.49. The molecule has 1 atom stereocenters. The van der Waals surface area contributed by atoms with E-state index in [4.69, 9.17) is 4.74 Å². The fourth-order valence-electron chi connectivity index (χ4n) is 1.91. The first-order valence-electron chi connectivity index (χ1n) is 6.27. The van der Waals surface area contributed by atoms with Crippen molar-refractivity contribution in [2.24, 2.45) is 0 Å². The third-order valence-electron chi connectivity index (χ3n) is 2.95. The van der Waals surface area contributed by atoms with Crippen LogP contribution in [0.4, 0.5) is 5.69 Å². The molecule has 1 aromatic heterocycles. The van der Waals surface area contributed by atoms with Gasteiger partial charge in [0.05, 0.1) is 30.1 Å². The zero-order chi connectivity index (χ0) is 15.4. The Balaban J connectivity index is 2.37. The minimum atomic E-state index is -0.396. The van der Waals surface area contributed by atoms with E-state index in [9.17, 15) is 4.79 Å². The summed E-state index contributed by atoms with van der Waals surface area (Å²) in [7, 11) is 1.36. The normalized spacial score (nSPS) is 11.8. The van der Waals surface area contributed by atoms with Crippen molar-refractivity contribution in [1.29, 1.82) is 0 Å². The van der Waals surface area contributed by atoms with E-state index in [2.05, 4.69) is 42.2 Å². The number of halogens is 2. The zero-order valence-corrected chi connectivity index (χ0v) is 14.7. The molecule has 0 radical (unpaired) electrons. The fourth-order valence-corrected chi connectivity index (χ4v) is 3.25. The maximum Gasteiger partial charge on any atom is 0.340 e. The van der Waals surface area contributed by atoms with Crippen LogP contribution in [0.5, 0.6) is 0 Å². The number of nitrogens with zero attached hydrogens (tertiary/aromatic N) is 1. The van der Waals surface area contributed by atoms with Crippen LogP contribution < -0.4 is 5.32 Å². The van der Waals surface area contributed by atoms with Crippen molar-refractivity contribution in [1.82, 2.24) is 4.98 Å². The Morgan fingerprint density at radius 2 is 2.10 bits per heavy atom. The van der Waals surface area contributed by atoms with Crippen LogP contribution >= 0.6 is 31.9 Å². The van der Waals surface area contributed by atoms with Gasteiger partial charge in [-0.25, -0.2) is 4.79 Å². The van der Waals surface area contributed by atoms with Gasteiger partial charge in [0.2, 0.25) is 0 Å². The Labute approximate surface area is 140 Å². The maximum absolute atomic E-state index is 11.9. The number of pyridine rings is 1. The minimum Gasteiger partial charge on any atom is -0.465 e. The molecular formula is C15H14Br2N2O2. The number of carbonyl (C=O) groups is 1. The topological polar surface area (TPSA) is 51.2 Å². The largest absolute Gasteiger partial charge is 0.465 e. The SMILES string of the molecule is COC(=O)c1cc(Br)cc(Br)c1NC(C)c1ccccn1. The van der Waals surface area contributed by atoms with Gasteiger partial charge in [-0.1, -0.05) is 22.0 Å². The van der Waals surface area contributed by atoms with Crippen LogP contribution in [0.2, 0.25) is 0 Å². The molecule has 0 aliphatic heterocycles. The summed E-state index contributed by atoms with van der Waals surface area (Å²) in [6, 6.07) is 9.28. The number of carbonyl (C=O) groups excluding carboxylic acids is 1. The van der Waals surface area contributed by atoms with E-state index in [0.29, 0.717) is 11.3 Å². The van der Waals surface area contributed by atoms with Crippen LogP contribution in [0.15, 0.2) is 45.5 Å². The van der Waals surface area contributed by atoms with Crippen LogP contribution in [0.3, 0.4) is 0 Å². The summed E-state index contributed by atoms with van der Waals surface area (Å²) < 4.78 is 6.41. The highest BCUT2D eigenvalue weighted by Crippen LogP contribution is 2.33. The summed E-state index contributed by atoms with van der Waals surface area (Å²) in [5.74, 6) is -0.396. The number of hydrogen-bond donors (Lipinski definition) is 1. The predicted molar refractivity (Wildman–Crippen MR) is 89.5 cm³/mol. The summed E-state index contributed by atoms with van der Waals surface area (Å²) in [4.78, 5) is 16.3. The highest BCUT2D eigenvalue weighted by Gasteiger charge is 2.18. The lowest BCUT2D eigenvalue weighted by molar-refractivity contribution is 0.0601. The molecule has 1 aromatic carbocycles. The summed E-state index contributed by atoms with van der Waals surface area (Å²) in [6.45, 7) is 1.98. The Morgan fingerprint density at radius 1 is 1.33 bits per heavy atom. The number of methoxy groups -OCH3 is 1. The Kier molecular flexibility index (Phi) is 5.36. The van der Waals surface area contributed by atoms with Crippen LogP contribution in [0, 0.1) is 0 Å². The molecule has 6 heteroatoms. The quantitative estimate of drug-likeness (QED) is 0.746. The Hall–Kier alpha value is -1.40. The predicted octanol–water partition coefficient (Wildman–Crippen LogP) is 4.57. The molecule has 0 aliphatic rings. The number of nitrogens with one attached hydrogen (secondary N) is 1. The second-order valence-corrected chi connectivity index (χ2v) is 6.19. The van der Waals surface area contributed by atoms with Crippen molar-refractivity contribution in [3.63, 3.8) is 0 Å². The molecule has 1 heterocycles. The highest BCUT2D eigenvalue weighted by molar-refractivity contribution is 9.11. The zero-order valence-electron chi connectivity index (χ0n) is 11.6. The Bertz CT molecular complexity index is 648. The lowest BCUT2D eigenvalue weighted by atomic mass is 10.1. The molecule has 2 aromatic rings. The van der Waals surface area contributed by atoms with E-state index in [-0.39, 0.29) is 6.04 Å². The monoisotopic (exact) mass is 412 g/mol. The first-order valence-corrected chi connectivity index (χ1v) is 7.86. The van der Waals surface area contributed by atoms with Gasteiger partial charge in [-0.2, -0.15) is 0 Å². The van der Waals surface area contributed by atoms with Gasteiger partial charge in [-0.15, -0.1) is 0 Å². The average molecular weight is 414 g/mol. The molecule has 0 amide bonds. The molecule has 1 unspecified atom stereocenters. The number of benzene rings is 1. The van der Waals surface area contributed by atoms with Gasteiger partial charge >= 0.3 is 5.97 Å². The molecule has 0 aliphatic carbocycles. The van der Waals surface area contributed by atoms with Gasteiger partial charge in [-0.3, -0.25) is 4.98 Å². The molecule has 0 saturated carbocycles. The summed E-state index contributed by atoms with van der Waals surface area (Å²) in [5.41, 5.74) is 2.04. The van der Waals surface area contributed by atoms with Crippen molar-refractivity contribution >= 4 is 43.5 Å². The van der Waals surface area contributed by atoms with Gasteiger partial charge in [0, 0.05) is 15.1 Å². The van der Waals surface area contributed by atoms with Gasteiger partial charge in [0.25, 0.3) is 0 Å². The molecule has 4 nitrogen and oxygen atoms in total. The number of aromatic nitrogens is 1. The van der Waals surface area contributed by atoms with Crippen molar-refractivity contribution in [3.8, 4) is 0 Å². The van der Waals surface area contributed by atoms with Gasteiger partial charge < -0.3 is 10.1 Å². The maximum atomic E-state index is 11.9. The second-order valence-electron chi connectivity index (χ2n) is 4.42. The summed E-state index contributed by atoms with van der Waals surface area (Å²) in [5, 5.41) is 3.31. The van der Waals surface area contributed by atoms with E-state index in [0.717, 1.165) is 14.6 Å². The van der Waals surface area contributed by atoms with Crippen LogP contribution in [-0.2, 0) is 4.74 Å².